The van der Waals surface area contributed by atoms with Crippen LogP contribution in [-0.4, -0.2) is 18.0 Å². The third-order valence-electron chi connectivity index (χ3n) is 11.4. The van der Waals surface area contributed by atoms with E-state index in [4.69, 9.17) is 9.97 Å². The summed E-state index contributed by atoms with van der Waals surface area (Å²) in [7, 11) is -1.99. The Balaban J connectivity index is 1.26. The Kier molecular flexibility index (Phi) is 6.89. The highest BCUT2D eigenvalue weighted by atomic mass is 28.3. The first-order chi connectivity index (χ1) is 25.5. The summed E-state index contributed by atoms with van der Waals surface area (Å²) in [5, 5.41) is 3.02. The molecule has 1 spiro atoms. The van der Waals surface area contributed by atoms with Gasteiger partial charge in [-0.3, -0.25) is 0 Å². The van der Waals surface area contributed by atoms with Gasteiger partial charge in [-0.05, 0) is 67.0 Å². The zero-order chi connectivity index (χ0) is 34.9. The van der Waals surface area contributed by atoms with E-state index in [-0.39, 0.29) is 0 Å². The number of benzene rings is 7. The van der Waals surface area contributed by atoms with Gasteiger partial charge < -0.3 is 0 Å². The van der Waals surface area contributed by atoms with Crippen molar-refractivity contribution in [1.82, 2.24) is 9.97 Å². The van der Waals surface area contributed by atoms with Crippen LogP contribution in [0.3, 0.4) is 0 Å². The molecule has 0 amide bonds. The highest BCUT2D eigenvalue weighted by Crippen LogP contribution is 2.58. The first-order valence-electron chi connectivity index (χ1n) is 18.1. The van der Waals surface area contributed by atoms with E-state index in [1.165, 1.54) is 49.3 Å². The van der Waals surface area contributed by atoms with E-state index in [0.29, 0.717) is 0 Å². The van der Waals surface area contributed by atoms with Crippen molar-refractivity contribution in [1.29, 1.82) is 0 Å². The van der Waals surface area contributed by atoms with Crippen LogP contribution in [0.4, 0.5) is 0 Å². The number of fused-ring (bicyclic) bond motifs is 9. The summed E-state index contributed by atoms with van der Waals surface area (Å²) in [4.78, 5) is 10.6. The van der Waals surface area contributed by atoms with Crippen LogP contribution in [0, 0.1) is 0 Å². The van der Waals surface area contributed by atoms with Gasteiger partial charge in [-0.25, -0.2) is 9.97 Å². The highest BCUT2D eigenvalue weighted by Gasteiger charge is 2.54. The smallest absolute Gasteiger partial charge is 0.160 e. The maximum atomic E-state index is 5.37. The maximum absolute atomic E-state index is 5.37. The van der Waals surface area contributed by atoms with Crippen molar-refractivity contribution < 1.29 is 0 Å². The van der Waals surface area contributed by atoms with Crippen LogP contribution in [0.15, 0.2) is 182 Å². The molecule has 0 radical (unpaired) electrons. The van der Waals surface area contributed by atoms with Gasteiger partial charge in [0.05, 0.1) is 16.8 Å². The summed E-state index contributed by atoms with van der Waals surface area (Å²) < 4.78 is 0. The fourth-order valence-electron chi connectivity index (χ4n) is 9.06. The fraction of sp³-hybridized carbons (Fsp3) is 0.0612. The summed E-state index contributed by atoms with van der Waals surface area (Å²) in [5.74, 6) is 0.720. The van der Waals surface area contributed by atoms with Crippen LogP contribution in [-0.2, 0) is 5.41 Å². The fourth-order valence-corrected chi connectivity index (χ4v) is 12.3. The monoisotopic (exact) mass is 680 g/mol. The zero-order valence-electron chi connectivity index (χ0n) is 29.2. The lowest BCUT2D eigenvalue weighted by atomic mass is 9.67. The van der Waals surface area contributed by atoms with E-state index in [9.17, 15) is 0 Å². The largest absolute Gasteiger partial charge is 0.228 e. The molecule has 0 fully saturated rings. The Morgan fingerprint density at radius 2 is 0.885 bits per heavy atom. The molecule has 246 valence electrons. The molecule has 7 aromatic carbocycles. The molecule has 0 saturated carbocycles. The number of hydrogen-bond donors (Lipinski definition) is 0. The number of rotatable bonds is 4. The van der Waals surface area contributed by atoms with Gasteiger partial charge in [0.2, 0.25) is 0 Å². The van der Waals surface area contributed by atoms with Crippen LogP contribution in [0.2, 0.25) is 13.1 Å². The van der Waals surface area contributed by atoms with E-state index < -0.39 is 13.5 Å². The summed E-state index contributed by atoms with van der Waals surface area (Å²) in [5.41, 5.74) is 15.0. The van der Waals surface area contributed by atoms with Gasteiger partial charge in [0, 0.05) is 16.7 Å². The van der Waals surface area contributed by atoms with E-state index in [2.05, 4.69) is 189 Å². The lowest BCUT2D eigenvalue weighted by Crippen LogP contribution is -2.63. The number of nitrogens with zero attached hydrogens (tertiary/aromatic N) is 2. The molecule has 10 rings (SSSR count). The quantitative estimate of drug-likeness (QED) is 0.173. The summed E-state index contributed by atoms with van der Waals surface area (Å²) in [6.07, 6.45) is 0. The molecular formula is C49H36N2Si. The molecule has 0 saturated heterocycles. The van der Waals surface area contributed by atoms with E-state index >= 15 is 0 Å². The first kappa shape index (κ1) is 30.6. The maximum Gasteiger partial charge on any atom is 0.160 e. The third-order valence-corrected chi connectivity index (χ3v) is 14.9. The molecule has 8 aromatic rings. The van der Waals surface area contributed by atoms with Crippen molar-refractivity contribution in [2.75, 3.05) is 0 Å². The van der Waals surface area contributed by atoms with Gasteiger partial charge in [0.15, 0.2) is 5.82 Å². The Morgan fingerprint density at radius 1 is 0.385 bits per heavy atom. The van der Waals surface area contributed by atoms with Crippen molar-refractivity contribution in [3.63, 3.8) is 0 Å². The van der Waals surface area contributed by atoms with Gasteiger partial charge in [0.1, 0.15) is 8.07 Å². The molecule has 2 heterocycles. The third kappa shape index (κ3) is 4.42. The molecule has 0 bridgehead atoms. The predicted molar refractivity (Wildman–Crippen MR) is 218 cm³/mol. The molecule has 1 aliphatic carbocycles. The Labute approximate surface area is 306 Å². The molecule has 0 atom stereocenters. The molecule has 2 aliphatic rings. The molecule has 3 heteroatoms. The summed E-state index contributed by atoms with van der Waals surface area (Å²) >= 11 is 0. The number of aromatic nitrogens is 2. The first-order valence-corrected chi connectivity index (χ1v) is 21.1. The van der Waals surface area contributed by atoms with E-state index in [0.717, 1.165) is 39.5 Å². The summed E-state index contributed by atoms with van der Waals surface area (Å²) in [6.45, 7) is 5.02. The topological polar surface area (TPSA) is 25.8 Å². The Bertz CT molecular complexity index is 2610. The second-order valence-electron chi connectivity index (χ2n) is 14.5. The van der Waals surface area contributed by atoms with E-state index in [1.54, 1.807) is 0 Å². The van der Waals surface area contributed by atoms with Gasteiger partial charge in [0.25, 0.3) is 0 Å². The second-order valence-corrected chi connectivity index (χ2v) is 18.8. The van der Waals surface area contributed by atoms with Crippen LogP contribution in [0.5, 0.6) is 0 Å². The predicted octanol–water partition coefficient (Wildman–Crippen LogP) is 10.6. The van der Waals surface area contributed by atoms with Crippen molar-refractivity contribution in [3.05, 3.63) is 204 Å². The van der Waals surface area contributed by atoms with Gasteiger partial charge >= 0.3 is 0 Å². The minimum absolute atomic E-state index is 0.431. The van der Waals surface area contributed by atoms with Crippen LogP contribution in [0.25, 0.3) is 56.2 Å². The molecule has 0 N–H and O–H groups in total. The second kappa shape index (κ2) is 11.7. The van der Waals surface area contributed by atoms with E-state index in [1.807, 2.05) is 6.07 Å². The Morgan fingerprint density at radius 3 is 1.60 bits per heavy atom. The normalized spacial score (nSPS) is 14.3. The SMILES string of the molecule is C[Si]1(C)c2ccccc2C2(c3ccccc3-c3c(-c4cc(-c5cccc(-c6ccccc6)c5)nc(-c5ccccc5)n4)cccc32)c2ccccc21. The molecule has 2 nitrogen and oxygen atoms in total. The Hall–Kier alpha value is -6.16. The standard InChI is InChI=1S/C49H36N2Si/c1-52(2)45-29-13-11-26-40(45)49(41-27-12-14-30-46(41)52)39-25-10-9-23-37(39)47-38(24-16-28-42(47)49)44-32-43(50-48(51-44)34-19-7-4-8-20-34)36-22-15-21-35(31-36)33-17-5-3-6-18-33/h3-32H,1-2H3. The van der Waals surface area contributed by atoms with Crippen molar-refractivity contribution in [2.24, 2.45) is 0 Å². The van der Waals surface area contributed by atoms with Crippen LogP contribution < -0.4 is 10.4 Å². The van der Waals surface area contributed by atoms with Crippen LogP contribution in [0.1, 0.15) is 22.3 Å². The average molecular weight is 681 g/mol. The highest BCUT2D eigenvalue weighted by molar-refractivity contribution is 7.01. The van der Waals surface area contributed by atoms with Crippen molar-refractivity contribution in [3.8, 4) is 56.2 Å². The minimum Gasteiger partial charge on any atom is -0.228 e. The number of hydrogen-bond acceptors (Lipinski definition) is 2. The van der Waals surface area contributed by atoms with Crippen LogP contribution >= 0.6 is 0 Å². The summed E-state index contributed by atoms with van der Waals surface area (Å²) in [6, 6.07) is 66.3. The van der Waals surface area contributed by atoms with Crippen molar-refractivity contribution in [2.45, 2.75) is 18.5 Å². The minimum atomic E-state index is -1.99. The molecule has 0 unspecified atom stereocenters. The molecular weight excluding hydrogens is 645 g/mol. The van der Waals surface area contributed by atoms with Gasteiger partial charge in [-0.1, -0.05) is 183 Å². The van der Waals surface area contributed by atoms with Gasteiger partial charge in [-0.15, -0.1) is 0 Å². The lowest BCUT2D eigenvalue weighted by Gasteiger charge is -2.45. The zero-order valence-corrected chi connectivity index (χ0v) is 30.2. The molecule has 1 aromatic heterocycles. The molecule has 52 heavy (non-hydrogen) atoms. The van der Waals surface area contributed by atoms with Crippen molar-refractivity contribution >= 4 is 18.4 Å². The average Bonchev–Trinajstić information content (AvgIpc) is 3.52. The molecule has 1 aliphatic heterocycles. The van der Waals surface area contributed by atoms with Gasteiger partial charge in [-0.2, -0.15) is 0 Å². The lowest BCUT2D eigenvalue weighted by molar-refractivity contribution is 0.773.